The van der Waals surface area contributed by atoms with Crippen molar-refractivity contribution in [3.05, 3.63) is 36.7 Å². The van der Waals surface area contributed by atoms with Gasteiger partial charge in [0.05, 0.1) is 0 Å². The third-order valence-corrected chi connectivity index (χ3v) is 2.97. The van der Waals surface area contributed by atoms with Crippen LogP contribution in [0, 0.1) is 11.3 Å². The van der Waals surface area contributed by atoms with Crippen molar-refractivity contribution >= 4 is 12.0 Å². The van der Waals surface area contributed by atoms with Crippen molar-refractivity contribution in [2.24, 2.45) is 5.92 Å². The van der Waals surface area contributed by atoms with E-state index in [0.29, 0.717) is 5.82 Å². The maximum Gasteiger partial charge on any atom is 0.442 e. The highest BCUT2D eigenvalue weighted by atomic mass is 16.6. The molecule has 1 heterocycles. The van der Waals surface area contributed by atoms with E-state index in [9.17, 15) is 4.79 Å². The highest BCUT2D eigenvalue weighted by Crippen LogP contribution is 2.13. The molecule has 2 aromatic rings. The summed E-state index contributed by atoms with van der Waals surface area (Å²) >= 11 is 0. The van der Waals surface area contributed by atoms with Crippen LogP contribution in [-0.2, 0) is 4.74 Å². The van der Waals surface area contributed by atoms with Gasteiger partial charge in [-0.05, 0) is 6.42 Å². The first-order valence-electron chi connectivity index (χ1n) is 6.39. The van der Waals surface area contributed by atoms with Gasteiger partial charge in [-0.1, -0.05) is 44.2 Å². The van der Waals surface area contributed by atoms with Crippen LogP contribution in [0.2, 0.25) is 0 Å². The second-order valence-electron chi connectivity index (χ2n) is 4.42. The highest BCUT2D eigenvalue weighted by Gasteiger charge is 2.16. The summed E-state index contributed by atoms with van der Waals surface area (Å²) in [6.07, 6.45) is 1.30. The molecule has 2 rings (SSSR count). The van der Waals surface area contributed by atoms with Crippen LogP contribution in [0.5, 0.6) is 0 Å². The molecule has 1 aromatic carbocycles. The fourth-order valence-corrected chi connectivity index (χ4v) is 1.50. The van der Waals surface area contributed by atoms with Gasteiger partial charge >= 0.3 is 6.09 Å². The summed E-state index contributed by atoms with van der Waals surface area (Å²) in [6.45, 7) is 3.75. The Labute approximate surface area is 116 Å². The first-order chi connectivity index (χ1) is 9.61. The van der Waals surface area contributed by atoms with Gasteiger partial charge in [0, 0.05) is 11.5 Å². The third kappa shape index (κ3) is 3.09. The monoisotopic (exact) mass is 272 g/mol. The Bertz CT molecular complexity index is 607. The van der Waals surface area contributed by atoms with E-state index in [1.807, 2.05) is 44.2 Å². The zero-order chi connectivity index (χ0) is 14.5. The molecule has 0 aliphatic heterocycles. The maximum atomic E-state index is 11.8. The summed E-state index contributed by atoms with van der Waals surface area (Å²) in [5.74, 6) is 0.281. The van der Waals surface area contributed by atoms with E-state index in [-0.39, 0.29) is 11.8 Å². The van der Waals surface area contributed by atoms with Gasteiger partial charge in [0.15, 0.2) is 11.7 Å². The molecule has 1 N–H and O–H groups in total. The molecular formula is C14H16N4O2. The number of benzene rings is 1. The van der Waals surface area contributed by atoms with Crippen LogP contribution in [0.3, 0.4) is 0 Å². The predicted molar refractivity (Wildman–Crippen MR) is 74.5 cm³/mol. The van der Waals surface area contributed by atoms with E-state index >= 15 is 0 Å². The zero-order valence-corrected chi connectivity index (χ0v) is 11.4. The van der Waals surface area contributed by atoms with Crippen molar-refractivity contribution in [3.63, 3.8) is 0 Å². The van der Waals surface area contributed by atoms with E-state index in [0.717, 1.165) is 16.7 Å². The number of hydrogen-bond acceptors (Lipinski definition) is 5. The molecule has 1 atom stereocenters. The Morgan fingerprint density at radius 3 is 2.75 bits per heavy atom. The van der Waals surface area contributed by atoms with Gasteiger partial charge in [-0.3, -0.25) is 5.41 Å². The van der Waals surface area contributed by atoms with Crippen LogP contribution >= 0.6 is 0 Å². The summed E-state index contributed by atoms with van der Waals surface area (Å²) in [5, 5.41) is 11.7. The number of ether oxygens (including phenoxy) is 1. The average molecular weight is 272 g/mol. The average Bonchev–Trinajstić information content (AvgIpc) is 2.97. The Morgan fingerprint density at radius 1 is 1.40 bits per heavy atom. The van der Waals surface area contributed by atoms with Crippen LogP contribution in [-0.4, -0.2) is 26.8 Å². The third-order valence-electron chi connectivity index (χ3n) is 2.97. The number of nitrogens with one attached hydrogen (secondary N) is 1. The Balaban J connectivity index is 2.09. The van der Waals surface area contributed by atoms with Crippen LogP contribution in [0.1, 0.15) is 20.3 Å². The first-order valence-corrected chi connectivity index (χ1v) is 6.39. The van der Waals surface area contributed by atoms with Gasteiger partial charge in [-0.15, -0.1) is 5.10 Å². The Hall–Kier alpha value is -2.50. The Morgan fingerprint density at radius 2 is 2.10 bits per heavy atom. The van der Waals surface area contributed by atoms with Crippen molar-refractivity contribution in [1.82, 2.24) is 14.8 Å². The molecule has 6 nitrogen and oxygen atoms in total. The lowest BCUT2D eigenvalue weighted by Gasteiger charge is -2.09. The molecule has 20 heavy (non-hydrogen) atoms. The fraction of sp³-hybridized carbons (Fsp3) is 0.286. The van der Waals surface area contributed by atoms with E-state index in [1.54, 1.807) is 0 Å². The van der Waals surface area contributed by atoms with Gasteiger partial charge in [-0.25, -0.2) is 9.78 Å². The zero-order valence-electron chi connectivity index (χ0n) is 11.4. The molecule has 0 aliphatic carbocycles. The quantitative estimate of drug-likeness (QED) is 0.688. The molecule has 0 spiro atoms. The largest absolute Gasteiger partial charge is 0.442 e. The topological polar surface area (TPSA) is 80.9 Å². The second kappa shape index (κ2) is 6.10. The molecule has 0 radical (unpaired) electrons. The smallest absolute Gasteiger partial charge is 0.394 e. The maximum absolute atomic E-state index is 11.8. The summed E-state index contributed by atoms with van der Waals surface area (Å²) in [4.78, 5) is 15.9. The second-order valence-corrected chi connectivity index (χ2v) is 4.42. The summed E-state index contributed by atoms with van der Waals surface area (Å²) in [5.41, 5.74) is 0.816. The van der Waals surface area contributed by atoms with Gasteiger partial charge in [-0.2, -0.15) is 4.68 Å². The lowest BCUT2D eigenvalue weighted by Crippen LogP contribution is -2.22. The minimum atomic E-state index is -0.718. The minimum absolute atomic E-state index is 0.0609. The van der Waals surface area contributed by atoms with Crippen molar-refractivity contribution in [1.29, 1.82) is 5.41 Å². The molecule has 0 aliphatic rings. The van der Waals surface area contributed by atoms with Crippen molar-refractivity contribution in [2.75, 3.05) is 0 Å². The lowest BCUT2D eigenvalue weighted by atomic mass is 10.1. The van der Waals surface area contributed by atoms with Gasteiger partial charge in [0.2, 0.25) is 0 Å². The normalized spacial score (nSPS) is 11.9. The number of rotatable bonds is 3. The highest BCUT2D eigenvalue weighted by molar-refractivity contribution is 5.88. The molecule has 0 bridgehead atoms. The lowest BCUT2D eigenvalue weighted by molar-refractivity contribution is 0.191. The molecule has 104 valence electrons. The number of nitrogens with zero attached hydrogens (tertiary/aromatic N) is 3. The molecule has 1 aromatic heterocycles. The summed E-state index contributed by atoms with van der Waals surface area (Å²) < 4.78 is 5.94. The molecular weight excluding hydrogens is 256 g/mol. The van der Waals surface area contributed by atoms with Crippen molar-refractivity contribution in [2.45, 2.75) is 20.3 Å². The first kappa shape index (κ1) is 13.9. The van der Waals surface area contributed by atoms with Crippen LogP contribution in [0.15, 0.2) is 36.7 Å². The molecule has 0 saturated heterocycles. The van der Waals surface area contributed by atoms with Crippen LogP contribution in [0.25, 0.3) is 11.4 Å². The Kier molecular flexibility index (Phi) is 4.24. The molecule has 1 unspecified atom stereocenters. The number of aromatic nitrogens is 3. The molecule has 0 amide bonds. The number of hydrogen-bond donors (Lipinski definition) is 1. The summed E-state index contributed by atoms with van der Waals surface area (Å²) in [6, 6.07) is 9.33. The fourth-order valence-electron chi connectivity index (χ4n) is 1.50. The number of carbonyl (C=O) groups excluding carboxylic acids is 1. The SMILES string of the molecule is CCC(C)C(=N)OC(=O)n1cnc(-c2ccccc2)n1. The van der Waals surface area contributed by atoms with E-state index < -0.39 is 6.09 Å². The van der Waals surface area contributed by atoms with E-state index in [1.165, 1.54) is 6.33 Å². The van der Waals surface area contributed by atoms with Gasteiger partial charge in [0.25, 0.3) is 0 Å². The van der Waals surface area contributed by atoms with Crippen molar-refractivity contribution < 1.29 is 9.53 Å². The van der Waals surface area contributed by atoms with E-state index in [4.69, 9.17) is 10.1 Å². The summed E-state index contributed by atoms with van der Waals surface area (Å²) in [7, 11) is 0. The number of carbonyl (C=O) groups is 1. The standard InChI is InChI=1S/C14H16N4O2/c1-3-10(2)12(15)20-14(19)18-9-16-13(17-18)11-7-5-4-6-8-11/h4-10,15H,3H2,1-2H3. The van der Waals surface area contributed by atoms with Gasteiger partial charge in [0.1, 0.15) is 6.33 Å². The predicted octanol–water partition coefficient (Wildman–Crippen LogP) is 2.95. The minimum Gasteiger partial charge on any atom is -0.394 e. The van der Waals surface area contributed by atoms with Crippen LogP contribution < -0.4 is 0 Å². The van der Waals surface area contributed by atoms with Gasteiger partial charge < -0.3 is 4.74 Å². The van der Waals surface area contributed by atoms with Crippen LogP contribution in [0.4, 0.5) is 4.79 Å². The van der Waals surface area contributed by atoms with E-state index in [2.05, 4.69) is 10.1 Å². The molecule has 0 saturated carbocycles. The van der Waals surface area contributed by atoms with Crippen molar-refractivity contribution in [3.8, 4) is 11.4 Å². The molecule has 6 heteroatoms. The molecule has 0 fully saturated rings.